The van der Waals surface area contributed by atoms with Crippen molar-refractivity contribution in [3.8, 4) is 0 Å². The zero-order valence-corrected chi connectivity index (χ0v) is 6.59. The average Bonchev–Trinajstić information content (AvgIpc) is 1.75. The van der Waals surface area contributed by atoms with E-state index in [0.29, 0.717) is 0 Å². The zero-order valence-electron chi connectivity index (χ0n) is 4.28. The lowest BCUT2D eigenvalue weighted by molar-refractivity contribution is 0.523. The lowest BCUT2D eigenvalue weighted by atomic mass is 11.3. The fraction of sp³-hybridized carbons (Fsp3) is 0. The molecular weight excluding hydrogens is 150 g/mol. The number of hydrogen-bond donors (Lipinski definition) is 2. The lowest BCUT2D eigenvalue weighted by Crippen LogP contribution is -1.03. The van der Waals surface area contributed by atoms with Gasteiger partial charge in [0.25, 0.3) is 0 Å². The Balaban J connectivity index is -0.0000000483. The molecule has 0 aliphatic heterocycles. The summed E-state index contributed by atoms with van der Waals surface area (Å²) in [5.41, 5.74) is 0. The Kier molecular flexibility index (Phi) is 116. The van der Waals surface area contributed by atoms with Gasteiger partial charge in [-0.05, 0) is 0 Å². The largest absolute Gasteiger partial charge is 0.348 e. The lowest BCUT2D eigenvalue weighted by Gasteiger charge is -1.33. The van der Waals surface area contributed by atoms with E-state index in [9.17, 15) is 0 Å². The molecule has 0 heterocycles. The first-order valence-corrected chi connectivity index (χ1v) is 3.46. The van der Waals surface area contributed by atoms with E-state index >= 15 is 0 Å². The SMILES string of the molecule is C=C.O=[PH2]O.O=[PH2]O. The van der Waals surface area contributed by atoms with Crippen molar-refractivity contribution in [2.45, 2.75) is 0 Å². The molecule has 6 heteroatoms. The zero-order chi connectivity index (χ0) is 7.41. The molecule has 0 fully saturated rings. The average molecular weight is 160 g/mol. The van der Waals surface area contributed by atoms with Gasteiger partial charge in [0.15, 0.2) is 17.4 Å². The van der Waals surface area contributed by atoms with Crippen LogP contribution in [0, 0.1) is 0 Å². The first-order valence-electron chi connectivity index (χ1n) is 1.49. The van der Waals surface area contributed by atoms with E-state index in [1.54, 1.807) is 0 Å². The summed E-state index contributed by atoms with van der Waals surface area (Å²) < 4.78 is 17.1. The van der Waals surface area contributed by atoms with Crippen LogP contribution in [0.3, 0.4) is 0 Å². The smallest absolute Gasteiger partial charge is 0.177 e. The van der Waals surface area contributed by atoms with Gasteiger partial charge in [-0.15, -0.1) is 13.2 Å². The summed E-state index contributed by atoms with van der Waals surface area (Å²) >= 11 is 0. The molecular formula is C2H10O4P2. The molecule has 0 aliphatic rings. The van der Waals surface area contributed by atoms with Gasteiger partial charge in [-0.1, -0.05) is 0 Å². The van der Waals surface area contributed by atoms with E-state index in [0.717, 1.165) is 0 Å². The van der Waals surface area contributed by atoms with Crippen molar-refractivity contribution in [1.82, 2.24) is 0 Å². The Hall–Kier alpha value is 0.120. The third-order valence-electron chi connectivity index (χ3n) is 0. The van der Waals surface area contributed by atoms with E-state index in [1.807, 2.05) is 0 Å². The van der Waals surface area contributed by atoms with Gasteiger partial charge in [0.1, 0.15) is 0 Å². The van der Waals surface area contributed by atoms with Crippen LogP contribution in [0.4, 0.5) is 0 Å². The van der Waals surface area contributed by atoms with Crippen LogP contribution >= 0.6 is 17.4 Å². The van der Waals surface area contributed by atoms with Gasteiger partial charge < -0.3 is 9.79 Å². The molecule has 2 N–H and O–H groups in total. The highest BCUT2D eigenvalue weighted by Gasteiger charge is 1.18. The Labute approximate surface area is 50.4 Å². The molecule has 0 aromatic rings. The minimum absolute atomic E-state index is 1.50. The van der Waals surface area contributed by atoms with Crippen LogP contribution in [0.1, 0.15) is 0 Å². The first kappa shape index (κ1) is 15.7. The summed E-state index contributed by atoms with van der Waals surface area (Å²) in [6.45, 7) is 6.00. The molecule has 8 heavy (non-hydrogen) atoms. The van der Waals surface area contributed by atoms with Gasteiger partial charge in [0.2, 0.25) is 0 Å². The first-order chi connectivity index (χ1) is 3.83. The second-order valence-corrected chi connectivity index (χ2v) is 0.632. The molecule has 0 rings (SSSR count). The van der Waals surface area contributed by atoms with E-state index < -0.39 is 17.4 Å². The monoisotopic (exact) mass is 160 g/mol. The standard InChI is InChI=1S/C2H4.2H3O2P/c1-2;2*1-3-2/h1-2H2;2*3H2,(H,1,2). The maximum atomic E-state index is 8.57. The molecule has 0 saturated heterocycles. The number of rotatable bonds is 0. The molecule has 0 amide bonds. The maximum Gasteiger partial charge on any atom is 0.177 e. The third-order valence-corrected chi connectivity index (χ3v) is 0. The second-order valence-electron chi connectivity index (χ2n) is 0.211. The second kappa shape index (κ2) is 59.3. The fourth-order valence-electron chi connectivity index (χ4n) is 0. The summed E-state index contributed by atoms with van der Waals surface area (Å²) in [6, 6.07) is 0. The Morgan fingerprint density at radius 2 is 1.00 bits per heavy atom. The van der Waals surface area contributed by atoms with Crippen molar-refractivity contribution < 1.29 is 18.9 Å². The molecule has 0 spiro atoms. The van der Waals surface area contributed by atoms with Gasteiger partial charge in [-0.2, -0.15) is 0 Å². The molecule has 0 aromatic carbocycles. The Bertz CT molecular complexity index is 41.3. The Morgan fingerprint density at radius 3 is 1.00 bits per heavy atom. The molecule has 2 unspecified atom stereocenters. The van der Waals surface area contributed by atoms with Crippen molar-refractivity contribution in [3.63, 3.8) is 0 Å². The van der Waals surface area contributed by atoms with Crippen molar-refractivity contribution in [2.24, 2.45) is 0 Å². The van der Waals surface area contributed by atoms with Crippen LogP contribution in [-0.4, -0.2) is 9.79 Å². The van der Waals surface area contributed by atoms with Crippen molar-refractivity contribution in [1.29, 1.82) is 0 Å². The molecule has 52 valence electrons. The molecule has 0 aliphatic carbocycles. The summed E-state index contributed by atoms with van der Waals surface area (Å²) in [7, 11) is -3.00. The minimum atomic E-state index is -1.50. The predicted octanol–water partition coefficient (Wildman–Crippen LogP) is 0.102. The van der Waals surface area contributed by atoms with Gasteiger partial charge in [0.05, 0.1) is 0 Å². The van der Waals surface area contributed by atoms with Crippen LogP contribution in [0.5, 0.6) is 0 Å². The van der Waals surface area contributed by atoms with E-state index in [-0.39, 0.29) is 0 Å². The highest BCUT2D eigenvalue weighted by atomic mass is 31.1. The molecule has 4 nitrogen and oxygen atoms in total. The topological polar surface area (TPSA) is 74.6 Å². The quantitative estimate of drug-likeness (QED) is 0.389. The molecule has 0 bridgehead atoms. The van der Waals surface area contributed by atoms with E-state index in [1.165, 1.54) is 0 Å². The number of hydrogen-bond acceptors (Lipinski definition) is 2. The van der Waals surface area contributed by atoms with Crippen molar-refractivity contribution >= 4 is 17.4 Å². The molecule has 0 radical (unpaired) electrons. The summed E-state index contributed by atoms with van der Waals surface area (Å²) in [5, 5.41) is 0. The summed E-state index contributed by atoms with van der Waals surface area (Å²) in [6.07, 6.45) is 0. The molecule has 0 saturated carbocycles. The van der Waals surface area contributed by atoms with Gasteiger partial charge in [-0.25, -0.2) is 0 Å². The van der Waals surface area contributed by atoms with Crippen LogP contribution in [0.2, 0.25) is 0 Å². The minimum Gasteiger partial charge on any atom is -0.348 e. The van der Waals surface area contributed by atoms with Gasteiger partial charge >= 0.3 is 0 Å². The highest BCUT2D eigenvalue weighted by molar-refractivity contribution is 7.16. The van der Waals surface area contributed by atoms with E-state index in [2.05, 4.69) is 13.2 Å². The molecule has 2 atom stereocenters. The van der Waals surface area contributed by atoms with Crippen LogP contribution in [0.25, 0.3) is 0 Å². The van der Waals surface area contributed by atoms with Gasteiger partial charge in [0, 0.05) is 0 Å². The van der Waals surface area contributed by atoms with Crippen molar-refractivity contribution in [2.75, 3.05) is 0 Å². The molecule has 0 aromatic heterocycles. The van der Waals surface area contributed by atoms with Crippen molar-refractivity contribution in [3.05, 3.63) is 13.2 Å². The Morgan fingerprint density at radius 1 is 1.00 bits per heavy atom. The maximum absolute atomic E-state index is 8.57. The van der Waals surface area contributed by atoms with E-state index in [4.69, 9.17) is 18.9 Å². The predicted molar refractivity (Wildman–Crippen MR) is 36.5 cm³/mol. The highest BCUT2D eigenvalue weighted by Crippen LogP contribution is 1.66. The summed E-state index contributed by atoms with van der Waals surface area (Å²) in [4.78, 5) is 14.2. The summed E-state index contributed by atoms with van der Waals surface area (Å²) in [5.74, 6) is 0. The van der Waals surface area contributed by atoms with Gasteiger partial charge in [-0.3, -0.25) is 9.13 Å². The van der Waals surface area contributed by atoms with Crippen LogP contribution in [-0.2, 0) is 9.13 Å². The van der Waals surface area contributed by atoms with Crippen LogP contribution in [0.15, 0.2) is 13.2 Å². The normalized spacial score (nSPS) is 7.75. The fourth-order valence-corrected chi connectivity index (χ4v) is 0. The third kappa shape index (κ3) is 11100. The van der Waals surface area contributed by atoms with Crippen LogP contribution < -0.4 is 0 Å².